The van der Waals surface area contributed by atoms with Gasteiger partial charge >= 0.3 is 0 Å². The van der Waals surface area contributed by atoms with Gasteiger partial charge in [-0.3, -0.25) is 4.79 Å². The molecule has 0 amide bonds. The van der Waals surface area contributed by atoms with Crippen LogP contribution in [0.1, 0.15) is 19.3 Å². The second-order valence-electron chi connectivity index (χ2n) is 2.86. The van der Waals surface area contributed by atoms with Crippen molar-refractivity contribution < 1.29 is 4.79 Å². The van der Waals surface area contributed by atoms with Crippen LogP contribution in [-0.4, -0.2) is 18.1 Å². The van der Waals surface area contributed by atoms with Gasteiger partial charge in [-0.25, -0.2) is 0 Å². The Bertz CT molecular complexity index is 214. The summed E-state index contributed by atoms with van der Waals surface area (Å²) in [5.74, 6) is 1.48. The van der Waals surface area contributed by atoms with Crippen molar-refractivity contribution >= 4 is 17.5 Å². The molecule has 0 radical (unpaired) electrons. The summed E-state index contributed by atoms with van der Waals surface area (Å²) in [5, 5.41) is 4.41. The van der Waals surface area contributed by atoms with Crippen molar-refractivity contribution in [2.45, 2.75) is 19.3 Å². The number of Topliss-reactive ketones (excluding diaryl/α,β-unsaturated/α-hetero) is 1. The zero-order valence-electron chi connectivity index (χ0n) is 6.35. The van der Waals surface area contributed by atoms with Gasteiger partial charge in [0.1, 0.15) is 0 Å². The summed E-state index contributed by atoms with van der Waals surface area (Å²) in [4.78, 5) is 11.3. The summed E-state index contributed by atoms with van der Waals surface area (Å²) in [7, 11) is 0. The van der Waals surface area contributed by atoms with Crippen LogP contribution in [0, 0.1) is 0 Å². The number of hydrogen-bond acceptors (Lipinski definition) is 3. The molecule has 0 aromatic carbocycles. The summed E-state index contributed by atoms with van der Waals surface area (Å²) in [6, 6.07) is 0. The van der Waals surface area contributed by atoms with Crippen molar-refractivity contribution in [1.29, 1.82) is 0 Å². The van der Waals surface area contributed by atoms with Gasteiger partial charge in [0.05, 0.1) is 5.03 Å². The molecule has 11 heavy (non-hydrogen) atoms. The van der Waals surface area contributed by atoms with Gasteiger partial charge in [-0.1, -0.05) is 0 Å². The molecule has 1 saturated carbocycles. The van der Waals surface area contributed by atoms with E-state index in [0.29, 0.717) is 5.78 Å². The van der Waals surface area contributed by atoms with E-state index >= 15 is 0 Å². The number of ketones is 1. The van der Waals surface area contributed by atoms with E-state index in [1.54, 1.807) is 11.8 Å². The lowest BCUT2D eigenvalue weighted by Gasteiger charge is -2.00. The van der Waals surface area contributed by atoms with Crippen LogP contribution in [0.15, 0.2) is 10.6 Å². The maximum absolute atomic E-state index is 11.3. The number of hydrogen-bond donors (Lipinski definition) is 1. The molecule has 0 atom stereocenters. The van der Waals surface area contributed by atoms with Gasteiger partial charge < -0.3 is 5.32 Å². The van der Waals surface area contributed by atoms with Crippen LogP contribution in [0.2, 0.25) is 0 Å². The standard InChI is InChI=1S/C8H11NOS/c10-7-3-1-2-6(7)8-9-4-5-11-8/h9H,1-5H2/b8-6+. The van der Waals surface area contributed by atoms with Gasteiger partial charge in [0.25, 0.3) is 0 Å². The highest BCUT2D eigenvalue weighted by Crippen LogP contribution is 2.30. The molecule has 0 bridgehead atoms. The maximum Gasteiger partial charge on any atom is 0.161 e. The van der Waals surface area contributed by atoms with Crippen molar-refractivity contribution in [2.24, 2.45) is 0 Å². The Labute approximate surface area is 70.4 Å². The van der Waals surface area contributed by atoms with Crippen molar-refractivity contribution in [3.63, 3.8) is 0 Å². The first-order valence-corrected chi connectivity index (χ1v) is 4.99. The average molecular weight is 169 g/mol. The van der Waals surface area contributed by atoms with Crippen LogP contribution in [-0.2, 0) is 4.79 Å². The Morgan fingerprint density at radius 3 is 2.82 bits per heavy atom. The van der Waals surface area contributed by atoms with E-state index in [0.717, 1.165) is 42.2 Å². The molecule has 0 aromatic heterocycles. The maximum atomic E-state index is 11.3. The minimum Gasteiger partial charge on any atom is -0.379 e. The lowest BCUT2D eigenvalue weighted by molar-refractivity contribution is -0.114. The molecular formula is C8H11NOS. The van der Waals surface area contributed by atoms with E-state index in [4.69, 9.17) is 0 Å². The fraction of sp³-hybridized carbons (Fsp3) is 0.625. The Morgan fingerprint density at radius 2 is 2.27 bits per heavy atom. The molecule has 0 aromatic rings. The predicted molar refractivity (Wildman–Crippen MR) is 46.3 cm³/mol. The SMILES string of the molecule is O=C1CCC/C1=C1/NCCS1. The van der Waals surface area contributed by atoms with Crippen molar-refractivity contribution in [3.8, 4) is 0 Å². The second kappa shape index (κ2) is 2.89. The quantitative estimate of drug-likeness (QED) is 0.554. The van der Waals surface area contributed by atoms with Crippen molar-refractivity contribution in [1.82, 2.24) is 5.32 Å². The first kappa shape index (κ1) is 7.22. The first-order chi connectivity index (χ1) is 5.38. The summed E-state index contributed by atoms with van der Waals surface area (Å²) in [6.07, 6.45) is 2.81. The predicted octanol–water partition coefficient (Wildman–Crippen LogP) is 1.29. The lowest BCUT2D eigenvalue weighted by Crippen LogP contribution is -2.08. The van der Waals surface area contributed by atoms with E-state index in [1.165, 1.54) is 0 Å². The lowest BCUT2D eigenvalue weighted by atomic mass is 10.2. The molecule has 2 fully saturated rings. The number of nitrogens with one attached hydrogen (secondary N) is 1. The molecule has 0 spiro atoms. The van der Waals surface area contributed by atoms with Crippen LogP contribution in [0.25, 0.3) is 0 Å². The Morgan fingerprint density at radius 1 is 1.36 bits per heavy atom. The van der Waals surface area contributed by atoms with E-state index in [2.05, 4.69) is 5.32 Å². The highest BCUT2D eigenvalue weighted by atomic mass is 32.2. The number of rotatable bonds is 0. The summed E-state index contributed by atoms with van der Waals surface area (Å²) < 4.78 is 0. The number of thioether (sulfide) groups is 1. The molecule has 1 heterocycles. The molecule has 3 heteroatoms. The molecular weight excluding hydrogens is 158 g/mol. The summed E-state index contributed by atoms with van der Waals surface area (Å²) in [5.41, 5.74) is 1.06. The molecule has 60 valence electrons. The van der Waals surface area contributed by atoms with Crippen LogP contribution >= 0.6 is 11.8 Å². The van der Waals surface area contributed by atoms with Gasteiger partial charge in [0.2, 0.25) is 0 Å². The van der Waals surface area contributed by atoms with Crippen LogP contribution in [0.3, 0.4) is 0 Å². The van der Waals surface area contributed by atoms with Gasteiger partial charge in [-0.05, 0) is 12.8 Å². The minimum absolute atomic E-state index is 0.363. The van der Waals surface area contributed by atoms with Crippen LogP contribution in [0.5, 0.6) is 0 Å². The van der Waals surface area contributed by atoms with E-state index in [-0.39, 0.29) is 0 Å². The fourth-order valence-corrected chi connectivity index (χ4v) is 2.52. The van der Waals surface area contributed by atoms with Crippen LogP contribution < -0.4 is 5.32 Å². The third-order valence-corrected chi connectivity index (χ3v) is 3.16. The van der Waals surface area contributed by atoms with Crippen molar-refractivity contribution in [2.75, 3.05) is 12.3 Å². The first-order valence-electron chi connectivity index (χ1n) is 4.01. The molecule has 1 aliphatic heterocycles. The average Bonchev–Trinajstić information content (AvgIpc) is 2.55. The molecule has 2 nitrogen and oxygen atoms in total. The third-order valence-electron chi connectivity index (χ3n) is 2.08. The monoisotopic (exact) mass is 169 g/mol. The fourth-order valence-electron chi connectivity index (χ4n) is 1.52. The normalized spacial score (nSPS) is 31.1. The van der Waals surface area contributed by atoms with E-state index in [9.17, 15) is 4.79 Å². The molecule has 0 unspecified atom stereocenters. The molecule has 2 rings (SSSR count). The Hall–Kier alpha value is -0.440. The van der Waals surface area contributed by atoms with Crippen molar-refractivity contribution in [3.05, 3.63) is 10.6 Å². The largest absolute Gasteiger partial charge is 0.379 e. The van der Waals surface area contributed by atoms with Gasteiger partial charge in [0, 0.05) is 24.3 Å². The molecule has 1 aliphatic carbocycles. The van der Waals surface area contributed by atoms with E-state index in [1.807, 2.05) is 0 Å². The number of carbonyl (C=O) groups is 1. The highest BCUT2D eigenvalue weighted by molar-refractivity contribution is 8.03. The molecule has 1 N–H and O–H groups in total. The number of allylic oxidation sites excluding steroid dienone is 1. The zero-order chi connectivity index (χ0) is 7.68. The highest BCUT2D eigenvalue weighted by Gasteiger charge is 2.23. The van der Waals surface area contributed by atoms with Gasteiger partial charge in [-0.2, -0.15) is 0 Å². The Kier molecular flexibility index (Phi) is 1.90. The molecule has 1 saturated heterocycles. The topological polar surface area (TPSA) is 29.1 Å². The third kappa shape index (κ3) is 1.29. The smallest absolute Gasteiger partial charge is 0.161 e. The van der Waals surface area contributed by atoms with E-state index < -0.39 is 0 Å². The summed E-state index contributed by atoms with van der Waals surface area (Å²) in [6.45, 7) is 1.02. The van der Waals surface area contributed by atoms with Gasteiger partial charge in [-0.15, -0.1) is 11.8 Å². The minimum atomic E-state index is 0.363. The zero-order valence-corrected chi connectivity index (χ0v) is 7.17. The Balaban J connectivity index is 2.23. The molecule has 2 aliphatic rings. The van der Waals surface area contributed by atoms with Crippen LogP contribution in [0.4, 0.5) is 0 Å². The number of carbonyl (C=O) groups excluding carboxylic acids is 1. The second-order valence-corrected chi connectivity index (χ2v) is 3.96. The summed E-state index contributed by atoms with van der Waals surface area (Å²) >= 11 is 1.79. The van der Waals surface area contributed by atoms with Gasteiger partial charge in [0.15, 0.2) is 5.78 Å².